The molecular weight excluding hydrogens is 292 g/mol. The molecule has 3 rings (SSSR count). The van der Waals surface area contributed by atoms with E-state index in [9.17, 15) is 9.59 Å². The average Bonchev–Trinajstić information content (AvgIpc) is 3.24. The summed E-state index contributed by atoms with van der Waals surface area (Å²) >= 11 is 0. The predicted octanol–water partition coefficient (Wildman–Crippen LogP) is 1.89. The summed E-state index contributed by atoms with van der Waals surface area (Å²) in [5.74, 6) is 0.127. The van der Waals surface area contributed by atoms with E-state index < -0.39 is 0 Å². The van der Waals surface area contributed by atoms with Crippen LogP contribution in [0.4, 0.5) is 5.69 Å². The van der Waals surface area contributed by atoms with Crippen LogP contribution in [0.1, 0.15) is 31.4 Å². The zero-order valence-corrected chi connectivity index (χ0v) is 13.1. The van der Waals surface area contributed by atoms with Crippen molar-refractivity contribution in [3.05, 3.63) is 48.5 Å². The van der Waals surface area contributed by atoms with Crippen molar-refractivity contribution in [3.8, 4) is 0 Å². The van der Waals surface area contributed by atoms with E-state index in [4.69, 9.17) is 0 Å². The minimum Gasteiger partial charge on any atom is -0.350 e. The number of hydrogen-bond acceptors (Lipinski definition) is 3. The fourth-order valence-electron chi connectivity index (χ4n) is 2.69. The highest BCUT2D eigenvalue weighted by molar-refractivity contribution is 5.95. The topological polar surface area (TPSA) is 67.2 Å². The van der Waals surface area contributed by atoms with Gasteiger partial charge in [0.1, 0.15) is 6.04 Å². The Balaban J connectivity index is 1.56. The Morgan fingerprint density at radius 3 is 2.74 bits per heavy atom. The summed E-state index contributed by atoms with van der Waals surface area (Å²) in [5, 5.41) is 2.92. The van der Waals surface area contributed by atoms with Crippen LogP contribution in [0, 0.1) is 0 Å². The molecule has 2 heterocycles. The number of nitrogens with zero attached hydrogens (tertiary/aromatic N) is 3. The quantitative estimate of drug-likeness (QED) is 0.917. The Kier molecular flexibility index (Phi) is 4.41. The van der Waals surface area contributed by atoms with Gasteiger partial charge >= 0.3 is 0 Å². The Morgan fingerprint density at radius 2 is 2.13 bits per heavy atom. The smallest absolute Gasteiger partial charge is 0.243 e. The molecule has 1 atom stereocenters. The Bertz CT molecular complexity index is 679. The van der Waals surface area contributed by atoms with Gasteiger partial charge in [0, 0.05) is 37.6 Å². The lowest BCUT2D eigenvalue weighted by Crippen LogP contribution is -2.30. The third-order valence-electron chi connectivity index (χ3n) is 4.14. The zero-order valence-electron chi connectivity index (χ0n) is 13.1. The number of amides is 2. The number of rotatable bonds is 5. The van der Waals surface area contributed by atoms with E-state index in [-0.39, 0.29) is 17.9 Å². The molecule has 0 saturated carbocycles. The first-order chi connectivity index (χ1) is 11.1. The van der Waals surface area contributed by atoms with Crippen LogP contribution in [-0.4, -0.2) is 27.9 Å². The van der Waals surface area contributed by atoms with Gasteiger partial charge in [-0.1, -0.05) is 12.1 Å². The van der Waals surface area contributed by atoms with Gasteiger partial charge in [0.25, 0.3) is 0 Å². The summed E-state index contributed by atoms with van der Waals surface area (Å²) in [7, 11) is 0. The standard InChI is InChI=1S/C17H20N4O2/c1-13(20-10-8-18-12-20)17(23)19-11-14-4-6-15(7-5-14)21-9-2-3-16(21)22/h4-8,10,12-13H,2-3,9,11H2,1H3,(H,19,23)/t13-/m1/s1. The lowest BCUT2D eigenvalue weighted by atomic mass is 10.2. The van der Waals surface area contributed by atoms with E-state index in [0.717, 1.165) is 24.2 Å². The molecule has 120 valence electrons. The van der Waals surface area contributed by atoms with Gasteiger partial charge in [-0.15, -0.1) is 0 Å². The lowest BCUT2D eigenvalue weighted by molar-refractivity contribution is -0.124. The Labute approximate surface area is 135 Å². The van der Waals surface area contributed by atoms with Crippen LogP contribution < -0.4 is 10.2 Å². The molecule has 1 aliphatic rings. The second-order valence-corrected chi connectivity index (χ2v) is 5.72. The molecule has 2 aromatic rings. The zero-order chi connectivity index (χ0) is 16.2. The van der Waals surface area contributed by atoms with Crippen LogP contribution in [0.2, 0.25) is 0 Å². The van der Waals surface area contributed by atoms with Crippen LogP contribution in [-0.2, 0) is 16.1 Å². The van der Waals surface area contributed by atoms with E-state index >= 15 is 0 Å². The van der Waals surface area contributed by atoms with Crippen LogP contribution in [0.5, 0.6) is 0 Å². The SMILES string of the molecule is C[C@H](C(=O)NCc1ccc(N2CCCC2=O)cc1)n1ccnc1. The summed E-state index contributed by atoms with van der Waals surface area (Å²) in [6.07, 6.45) is 6.60. The van der Waals surface area contributed by atoms with Gasteiger partial charge in [0.05, 0.1) is 6.33 Å². The molecule has 1 fully saturated rings. The van der Waals surface area contributed by atoms with Crippen molar-refractivity contribution in [1.29, 1.82) is 0 Å². The minimum absolute atomic E-state index is 0.0539. The highest BCUT2D eigenvalue weighted by Crippen LogP contribution is 2.21. The van der Waals surface area contributed by atoms with Crippen molar-refractivity contribution in [2.75, 3.05) is 11.4 Å². The first-order valence-electron chi connectivity index (χ1n) is 7.79. The summed E-state index contributed by atoms with van der Waals surface area (Å²) in [6.45, 7) is 3.09. The molecule has 1 N–H and O–H groups in total. The van der Waals surface area contributed by atoms with Gasteiger partial charge in [0.2, 0.25) is 11.8 Å². The van der Waals surface area contributed by atoms with Crippen LogP contribution >= 0.6 is 0 Å². The van der Waals surface area contributed by atoms with Crippen molar-refractivity contribution in [1.82, 2.24) is 14.9 Å². The number of hydrogen-bond donors (Lipinski definition) is 1. The second kappa shape index (κ2) is 6.64. The third kappa shape index (κ3) is 3.41. The lowest BCUT2D eigenvalue weighted by Gasteiger charge is -2.16. The van der Waals surface area contributed by atoms with E-state index in [1.165, 1.54) is 0 Å². The number of carbonyl (C=O) groups excluding carboxylic acids is 2. The van der Waals surface area contributed by atoms with E-state index in [2.05, 4.69) is 10.3 Å². The normalized spacial score (nSPS) is 15.7. The van der Waals surface area contributed by atoms with Gasteiger partial charge in [-0.3, -0.25) is 9.59 Å². The highest BCUT2D eigenvalue weighted by atomic mass is 16.2. The molecule has 0 radical (unpaired) electrons. The number of benzene rings is 1. The maximum atomic E-state index is 12.1. The molecule has 1 aliphatic heterocycles. The van der Waals surface area contributed by atoms with Crippen molar-refractivity contribution in [2.24, 2.45) is 0 Å². The molecule has 0 aliphatic carbocycles. The van der Waals surface area contributed by atoms with Gasteiger partial charge in [0.15, 0.2) is 0 Å². The van der Waals surface area contributed by atoms with Crippen LogP contribution in [0.25, 0.3) is 0 Å². The number of carbonyl (C=O) groups is 2. The van der Waals surface area contributed by atoms with E-state index in [1.54, 1.807) is 23.3 Å². The van der Waals surface area contributed by atoms with Crippen LogP contribution in [0.15, 0.2) is 43.0 Å². The Morgan fingerprint density at radius 1 is 1.35 bits per heavy atom. The summed E-state index contributed by atoms with van der Waals surface area (Å²) < 4.78 is 1.76. The number of nitrogens with one attached hydrogen (secondary N) is 1. The summed E-state index contributed by atoms with van der Waals surface area (Å²) in [4.78, 5) is 29.6. The van der Waals surface area contributed by atoms with Gasteiger partial charge in [-0.25, -0.2) is 4.98 Å². The van der Waals surface area contributed by atoms with Crippen LogP contribution in [0.3, 0.4) is 0 Å². The number of anilines is 1. The minimum atomic E-state index is -0.293. The molecule has 0 unspecified atom stereocenters. The monoisotopic (exact) mass is 312 g/mol. The van der Waals surface area contributed by atoms with Gasteiger partial charge < -0.3 is 14.8 Å². The molecule has 1 aromatic carbocycles. The highest BCUT2D eigenvalue weighted by Gasteiger charge is 2.21. The van der Waals surface area contributed by atoms with E-state index in [0.29, 0.717) is 13.0 Å². The second-order valence-electron chi connectivity index (χ2n) is 5.72. The largest absolute Gasteiger partial charge is 0.350 e. The number of aromatic nitrogens is 2. The molecule has 0 bridgehead atoms. The summed E-state index contributed by atoms with van der Waals surface area (Å²) in [6, 6.07) is 7.47. The molecule has 1 aromatic heterocycles. The maximum absolute atomic E-state index is 12.1. The summed E-state index contributed by atoms with van der Waals surface area (Å²) in [5.41, 5.74) is 1.93. The van der Waals surface area contributed by atoms with Crippen molar-refractivity contribution >= 4 is 17.5 Å². The molecule has 23 heavy (non-hydrogen) atoms. The maximum Gasteiger partial charge on any atom is 0.243 e. The predicted molar refractivity (Wildman–Crippen MR) is 86.8 cm³/mol. The van der Waals surface area contributed by atoms with Gasteiger partial charge in [-0.2, -0.15) is 0 Å². The Hall–Kier alpha value is -2.63. The molecule has 1 saturated heterocycles. The fraction of sp³-hybridized carbons (Fsp3) is 0.353. The van der Waals surface area contributed by atoms with Crippen molar-refractivity contribution < 1.29 is 9.59 Å². The molecule has 0 spiro atoms. The van der Waals surface area contributed by atoms with E-state index in [1.807, 2.05) is 36.1 Å². The molecule has 6 nitrogen and oxygen atoms in total. The molecule has 6 heteroatoms. The van der Waals surface area contributed by atoms with Crippen molar-refractivity contribution in [3.63, 3.8) is 0 Å². The third-order valence-corrected chi connectivity index (χ3v) is 4.14. The van der Waals surface area contributed by atoms with Crippen molar-refractivity contribution in [2.45, 2.75) is 32.4 Å². The average molecular weight is 312 g/mol. The first kappa shape index (κ1) is 15.3. The fourth-order valence-corrected chi connectivity index (χ4v) is 2.69. The number of imidazole rings is 1. The molecule has 2 amide bonds. The first-order valence-corrected chi connectivity index (χ1v) is 7.79. The molecular formula is C17H20N4O2. The van der Waals surface area contributed by atoms with Gasteiger partial charge in [-0.05, 0) is 31.0 Å².